The van der Waals surface area contributed by atoms with Crippen molar-refractivity contribution in [3.8, 4) is 0 Å². The summed E-state index contributed by atoms with van der Waals surface area (Å²) in [5.74, 6) is -0.904. The van der Waals surface area contributed by atoms with Crippen LogP contribution in [0.15, 0.2) is 12.2 Å². The van der Waals surface area contributed by atoms with Gasteiger partial charge in [0.05, 0.1) is 0 Å². The van der Waals surface area contributed by atoms with Gasteiger partial charge in [0.1, 0.15) is 6.10 Å². The van der Waals surface area contributed by atoms with Gasteiger partial charge in [-0.25, -0.2) is 9.59 Å². The molecule has 0 saturated heterocycles. The summed E-state index contributed by atoms with van der Waals surface area (Å²) in [6.07, 6.45) is 9.57. The van der Waals surface area contributed by atoms with E-state index in [1.165, 1.54) is 19.3 Å². The largest absolute Gasteiger partial charge is 0.478 e. The number of carboxylic acid groups (broad SMARTS) is 1. The summed E-state index contributed by atoms with van der Waals surface area (Å²) in [6, 6.07) is 0. The van der Waals surface area contributed by atoms with E-state index in [1.807, 2.05) is 0 Å². The molecule has 0 aromatic rings. The van der Waals surface area contributed by atoms with Crippen molar-refractivity contribution in [2.45, 2.75) is 58.0 Å². The molecule has 1 rings (SSSR count). The Morgan fingerprint density at radius 1 is 1.22 bits per heavy atom. The fraction of sp³-hybridized carbons (Fsp3) is 0.714. The van der Waals surface area contributed by atoms with E-state index in [2.05, 4.69) is 6.92 Å². The average molecular weight is 254 g/mol. The van der Waals surface area contributed by atoms with E-state index < -0.39 is 11.9 Å². The molecule has 0 aromatic heterocycles. The topological polar surface area (TPSA) is 63.6 Å². The number of unbranched alkanes of at least 4 members (excludes halogenated alkanes) is 1. The normalized spacial score (nSPS) is 24.1. The van der Waals surface area contributed by atoms with E-state index >= 15 is 0 Å². The highest BCUT2D eigenvalue weighted by molar-refractivity contribution is 5.90. The summed E-state index contributed by atoms with van der Waals surface area (Å²) < 4.78 is 5.21. The lowest BCUT2D eigenvalue weighted by molar-refractivity contribution is -0.145. The zero-order valence-electron chi connectivity index (χ0n) is 10.9. The molecular formula is C14H22O4. The van der Waals surface area contributed by atoms with E-state index in [0.717, 1.165) is 43.8 Å². The Morgan fingerprint density at radius 3 is 2.44 bits per heavy atom. The average Bonchev–Trinajstić information content (AvgIpc) is 2.35. The standard InChI is InChI=1S/C14H22O4/c1-2-3-4-11-5-7-12(8-6-11)18-14(17)10-9-13(15)16/h9-12H,2-8H2,1H3,(H,15,16)/b10-9-. The Kier molecular flexibility index (Phi) is 6.47. The van der Waals surface area contributed by atoms with Crippen LogP contribution in [0, 0.1) is 5.92 Å². The third kappa shape index (κ3) is 5.84. The second-order valence-corrected chi connectivity index (χ2v) is 4.89. The second-order valence-electron chi connectivity index (χ2n) is 4.89. The molecule has 4 nitrogen and oxygen atoms in total. The number of hydrogen-bond donors (Lipinski definition) is 1. The van der Waals surface area contributed by atoms with Crippen molar-refractivity contribution in [1.82, 2.24) is 0 Å². The molecule has 1 saturated carbocycles. The molecule has 18 heavy (non-hydrogen) atoms. The predicted molar refractivity (Wildman–Crippen MR) is 68.1 cm³/mol. The van der Waals surface area contributed by atoms with Crippen molar-refractivity contribution in [1.29, 1.82) is 0 Å². The lowest BCUT2D eigenvalue weighted by Gasteiger charge is -2.27. The Balaban J connectivity index is 2.22. The number of carboxylic acids is 1. The number of rotatable bonds is 6. The first-order valence-corrected chi connectivity index (χ1v) is 6.73. The first-order valence-electron chi connectivity index (χ1n) is 6.73. The van der Waals surface area contributed by atoms with E-state index in [9.17, 15) is 9.59 Å². The van der Waals surface area contributed by atoms with Crippen LogP contribution in [0.25, 0.3) is 0 Å². The molecule has 0 unspecified atom stereocenters. The molecule has 0 atom stereocenters. The second kappa shape index (κ2) is 7.90. The van der Waals surface area contributed by atoms with Crippen LogP contribution in [0.4, 0.5) is 0 Å². The Hall–Kier alpha value is -1.32. The SMILES string of the molecule is CCCCC1CCC(OC(=O)/C=C\C(=O)O)CC1. The zero-order chi connectivity index (χ0) is 13.4. The first kappa shape index (κ1) is 14.7. The number of ether oxygens (including phenoxy) is 1. The molecule has 1 aliphatic carbocycles. The molecule has 1 N–H and O–H groups in total. The van der Waals surface area contributed by atoms with Crippen molar-refractivity contribution < 1.29 is 19.4 Å². The number of carbonyl (C=O) groups is 2. The smallest absolute Gasteiger partial charge is 0.331 e. The lowest BCUT2D eigenvalue weighted by Crippen LogP contribution is -2.23. The minimum absolute atomic E-state index is 0.0335. The van der Waals surface area contributed by atoms with Gasteiger partial charge in [-0.1, -0.05) is 26.2 Å². The molecule has 102 valence electrons. The first-order chi connectivity index (χ1) is 8.61. The molecule has 0 aliphatic heterocycles. The van der Waals surface area contributed by atoms with Gasteiger partial charge in [-0.2, -0.15) is 0 Å². The highest BCUT2D eigenvalue weighted by Crippen LogP contribution is 2.29. The molecule has 0 heterocycles. The van der Waals surface area contributed by atoms with E-state index in [0.29, 0.717) is 0 Å². The Labute approximate surface area is 108 Å². The van der Waals surface area contributed by atoms with Crippen LogP contribution in [0.3, 0.4) is 0 Å². The molecule has 1 aliphatic rings. The molecule has 0 spiro atoms. The van der Waals surface area contributed by atoms with Gasteiger partial charge in [-0.15, -0.1) is 0 Å². The van der Waals surface area contributed by atoms with Crippen LogP contribution in [-0.4, -0.2) is 23.1 Å². The van der Waals surface area contributed by atoms with Crippen LogP contribution >= 0.6 is 0 Å². The molecule has 4 heteroatoms. The van der Waals surface area contributed by atoms with Crippen LogP contribution in [0.2, 0.25) is 0 Å². The maximum absolute atomic E-state index is 11.3. The Morgan fingerprint density at radius 2 is 1.89 bits per heavy atom. The van der Waals surface area contributed by atoms with Gasteiger partial charge in [-0.05, 0) is 31.6 Å². The minimum Gasteiger partial charge on any atom is -0.478 e. The van der Waals surface area contributed by atoms with E-state index in [1.54, 1.807) is 0 Å². The van der Waals surface area contributed by atoms with Crippen molar-refractivity contribution in [3.63, 3.8) is 0 Å². The van der Waals surface area contributed by atoms with Crippen LogP contribution in [0.5, 0.6) is 0 Å². The van der Waals surface area contributed by atoms with Gasteiger partial charge in [0.2, 0.25) is 0 Å². The third-order valence-corrected chi connectivity index (χ3v) is 3.40. The highest BCUT2D eigenvalue weighted by atomic mass is 16.5. The molecule has 0 radical (unpaired) electrons. The highest BCUT2D eigenvalue weighted by Gasteiger charge is 2.22. The molecule has 1 fully saturated rings. The molecule has 0 aromatic carbocycles. The van der Waals surface area contributed by atoms with Gasteiger partial charge in [0, 0.05) is 12.2 Å². The summed E-state index contributed by atoms with van der Waals surface area (Å²) >= 11 is 0. The van der Waals surface area contributed by atoms with Gasteiger partial charge in [0.15, 0.2) is 0 Å². The number of carbonyl (C=O) groups excluding carboxylic acids is 1. The van der Waals surface area contributed by atoms with Gasteiger partial charge >= 0.3 is 11.9 Å². The maximum atomic E-state index is 11.3. The van der Waals surface area contributed by atoms with Crippen LogP contribution in [0.1, 0.15) is 51.9 Å². The number of aliphatic carboxylic acids is 1. The summed E-state index contributed by atoms with van der Waals surface area (Å²) in [5, 5.41) is 8.39. The van der Waals surface area contributed by atoms with Crippen molar-refractivity contribution in [3.05, 3.63) is 12.2 Å². The maximum Gasteiger partial charge on any atom is 0.331 e. The molecular weight excluding hydrogens is 232 g/mol. The van der Waals surface area contributed by atoms with Crippen molar-refractivity contribution >= 4 is 11.9 Å². The summed E-state index contributed by atoms with van der Waals surface area (Å²) in [5.41, 5.74) is 0. The van der Waals surface area contributed by atoms with Gasteiger partial charge in [-0.3, -0.25) is 0 Å². The van der Waals surface area contributed by atoms with Crippen molar-refractivity contribution in [2.24, 2.45) is 5.92 Å². The summed E-state index contributed by atoms with van der Waals surface area (Å²) in [6.45, 7) is 2.20. The Bertz CT molecular complexity index is 301. The lowest BCUT2D eigenvalue weighted by atomic mass is 9.84. The number of hydrogen-bond acceptors (Lipinski definition) is 3. The predicted octanol–water partition coefficient (Wildman–Crippen LogP) is 2.92. The van der Waals surface area contributed by atoms with E-state index in [4.69, 9.17) is 9.84 Å². The van der Waals surface area contributed by atoms with Gasteiger partial charge in [0.25, 0.3) is 0 Å². The number of esters is 1. The van der Waals surface area contributed by atoms with Crippen LogP contribution < -0.4 is 0 Å². The quantitative estimate of drug-likeness (QED) is 0.584. The minimum atomic E-state index is -1.13. The molecule has 0 bridgehead atoms. The van der Waals surface area contributed by atoms with Gasteiger partial charge < -0.3 is 9.84 Å². The molecule has 0 amide bonds. The summed E-state index contributed by atoms with van der Waals surface area (Å²) in [4.78, 5) is 21.5. The fourth-order valence-electron chi connectivity index (χ4n) is 2.37. The monoisotopic (exact) mass is 254 g/mol. The van der Waals surface area contributed by atoms with E-state index in [-0.39, 0.29) is 6.10 Å². The van der Waals surface area contributed by atoms with Crippen molar-refractivity contribution in [2.75, 3.05) is 0 Å². The third-order valence-electron chi connectivity index (χ3n) is 3.40. The summed E-state index contributed by atoms with van der Waals surface area (Å²) in [7, 11) is 0. The zero-order valence-corrected chi connectivity index (χ0v) is 10.9. The van der Waals surface area contributed by atoms with Crippen LogP contribution in [-0.2, 0) is 14.3 Å². The fourth-order valence-corrected chi connectivity index (χ4v) is 2.37.